The van der Waals surface area contributed by atoms with E-state index in [4.69, 9.17) is 9.15 Å². The summed E-state index contributed by atoms with van der Waals surface area (Å²) >= 11 is 1.34. The second-order valence-corrected chi connectivity index (χ2v) is 7.77. The molecule has 0 saturated carbocycles. The molecule has 0 amide bonds. The van der Waals surface area contributed by atoms with E-state index >= 15 is 0 Å². The van der Waals surface area contributed by atoms with Gasteiger partial charge in [-0.1, -0.05) is 30.3 Å². The minimum absolute atomic E-state index is 0.404. The number of carbonyl (C=O) groups is 1. The van der Waals surface area contributed by atoms with Gasteiger partial charge in [-0.2, -0.15) is 5.10 Å². The molecule has 9 heteroatoms. The molecule has 0 aliphatic rings. The number of methoxy groups -OCH3 is 1. The lowest BCUT2D eigenvalue weighted by Gasteiger charge is -2.17. The molecule has 4 aromatic rings. The number of aliphatic carboxylic acids is 1. The molecule has 1 atom stereocenters. The van der Waals surface area contributed by atoms with Gasteiger partial charge in [0, 0.05) is 13.5 Å². The number of hydrogen-bond donors (Lipinski definition) is 1. The first kappa shape index (κ1) is 20.0. The van der Waals surface area contributed by atoms with Crippen molar-refractivity contribution in [2.24, 2.45) is 0 Å². The van der Waals surface area contributed by atoms with Gasteiger partial charge in [0.25, 0.3) is 5.56 Å². The predicted octanol–water partition coefficient (Wildman–Crippen LogP) is 3.44. The molecule has 1 unspecified atom stereocenters. The van der Waals surface area contributed by atoms with Gasteiger partial charge < -0.3 is 14.3 Å². The average molecular weight is 425 g/mol. The smallest absolute Gasteiger partial charge is 0.325 e. The zero-order chi connectivity index (χ0) is 21.3. The van der Waals surface area contributed by atoms with E-state index in [9.17, 15) is 14.7 Å². The molecule has 1 N–H and O–H groups in total. The van der Waals surface area contributed by atoms with E-state index in [0.29, 0.717) is 38.5 Å². The number of aryl methyl sites for hydroxylation is 1. The number of nitrogens with zero attached hydrogens (tertiary/aromatic N) is 3. The Morgan fingerprint density at radius 3 is 2.73 bits per heavy atom. The molecule has 154 valence electrons. The normalized spacial score (nSPS) is 12.3. The van der Waals surface area contributed by atoms with Crippen molar-refractivity contribution in [3.63, 3.8) is 0 Å². The molecule has 4 rings (SSSR count). The number of thiophene rings is 1. The van der Waals surface area contributed by atoms with Gasteiger partial charge in [0.15, 0.2) is 0 Å². The highest BCUT2D eigenvalue weighted by molar-refractivity contribution is 7.22. The number of benzene rings is 1. The Morgan fingerprint density at radius 2 is 2.10 bits per heavy atom. The first-order valence-corrected chi connectivity index (χ1v) is 10.0. The van der Waals surface area contributed by atoms with Crippen LogP contribution in [0.3, 0.4) is 0 Å². The van der Waals surface area contributed by atoms with Gasteiger partial charge in [0.05, 0.1) is 21.2 Å². The molecular formula is C21H19N3O5S. The molecule has 0 aliphatic carbocycles. The highest BCUT2D eigenvalue weighted by Crippen LogP contribution is 2.39. The van der Waals surface area contributed by atoms with Gasteiger partial charge in [0.1, 0.15) is 24.6 Å². The number of fused-ring (bicyclic) bond motifs is 1. The molecule has 0 saturated heterocycles. The average Bonchev–Trinajstić information content (AvgIpc) is 3.37. The van der Waals surface area contributed by atoms with Crippen LogP contribution in [0.25, 0.3) is 20.9 Å². The molecule has 0 spiro atoms. The van der Waals surface area contributed by atoms with Crippen LogP contribution >= 0.6 is 11.3 Å². The second-order valence-electron chi connectivity index (χ2n) is 6.75. The first-order chi connectivity index (χ1) is 14.5. The van der Waals surface area contributed by atoms with Crippen LogP contribution in [0.15, 0.2) is 52.0 Å². The second kappa shape index (κ2) is 8.21. The maximum atomic E-state index is 13.0. The Hall–Kier alpha value is -3.30. The van der Waals surface area contributed by atoms with Gasteiger partial charge in [0.2, 0.25) is 5.89 Å². The van der Waals surface area contributed by atoms with E-state index in [-0.39, 0.29) is 0 Å². The van der Waals surface area contributed by atoms with Gasteiger partial charge in [-0.3, -0.25) is 9.59 Å². The Labute approximate surface area is 175 Å². The van der Waals surface area contributed by atoms with Crippen molar-refractivity contribution in [2.75, 3.05) is 7.11 Å². The summed E-state index contributed by atoms with van der Waals surface area (Å²) < 4.78 is 12.8. The number of carboxylic acid groups (broad SMARTS) is 1. The zero-order valence-electron chi connectivity index (χ0n) is 16.4. The van der Waals surface area contributed by atoms with E-state index in [1.165, 1.54) is 23.8 Å². The summed E-state index contributed by atoms with van der Waals surface area (Å²) in [4.78, 5) is 29.3. The molecule has 3 heterocycles. The van der Waals surface area contributed by atoms with Crippen molar-refractivity contribution in [1.29, 1.82) is 0 Å². The monoisotopic (exact) mass is 425 g/mol. The van der Waals surface area contributed by atoms with Crippen LogP contribution in [0, 0.1) is 6.92 Å². The summed E-state index contributed by atoms with van der Waals surface area (Å²) in [5.74, 6) is -0.742. The fourth-order valence-corrected chi connectivity index (χ4v) is 4.67. The summed E-state index contributed by atoms with van der Waals surface area (Å²) in [6, 6.07) is 9.77. The highest BCUT2D eigenvalue weighted by Gasteiger charge is 2.26. The lowest BCUT2D eigenvalue weighted by Crippen LogP contribution is -2.29. The van der Waals surface area contributed by atoms with E-state index in [2.05, 4.69) is 10.1 Å². The lowest BCUT2D eigenvalue weighted by atomic mass is 10.0. The molecule has 0 radical (unpaired) electrons. The third-order valence-corrected chi connectivity index (χ3v) is 6.12. The van der Waals surface area contributed by atoms with Crippen molar-refractivity contribution < 1.29 is 19.1 Å². The van der Waals surface area contributed by atoms with Crippen LogP contribution in [-0.2, 0) is 22.5 Å². The SMILES string of the molecule is COC(Cc1ccccc1)c1nn(CC(=O)O)c(=O)c2c(C)c(-c3ncco3)sc12. The summed E-state index contributed by atoms with van der Waals surface area (Å²) in [5, 5.41) is 14.1. The van der Waals surface area contributed by atoms with E-state index < -0.39 is 24.2 Å². The van der Waals surface area contributed by atoms with Crippen molar-refractivity contribution >= 4 is 27.4 Å². The largest absolute Gasteiger partial charge is 0.480 e. The highest BCUT2D eigenvalue weighted by atomic mass is 32.1. The number of rotatable bonds is 7. The van der Waals surface area contributed by atoms with Gasteiger partial charge in [-0.25, -0.2) is 9.67 Å². The minimum Gasteiger partial charge on any atom is -0.480 e. The van der Waals surface area contributed by atoms with Crippen LogP contribution in [0.5, 0.6) is 0 Å². The molecule has 0 bridgehead atoms. The van der Waals surface area contributed by atoms with Crippen LogP contribution < -0.4 is 5.56 Å². The maximum Gasteiger partial charge on any atom is 0.325 e. The summed E-state index contributed by atoms with van der Waals surface area (Å²) in [7, 11) is 1.57. The van der Waals surface area contributed by atoms with Crippen molar-refractivity contribution in [2.45, 2.75) is 26.0 Å². The molecular weight excluding hydrogens is 406 g/mol. The van der Waals surface area contributed by atoms with Crippen molar-refractivity contribution in [1.82, 2.24) is 14.8 Å². The van der Waals surface area contributed by atoms with Crippen LogP contribution in [0.2, 0.25) is 0 Å². The fraction of sp³-hybridized carbons (Fsp3) is 0.238. The predicted molar refractivity (Wildman–Crippen MR) is 112 cm³/mol. The lowest BCUT2D eigenvalue weighted by molar-refractivity contribution is -0.138. The molecule has 0 aliphatic heterocycles. The Kier molecular flexibility index (Phi) is 5.47. The fourth-order valence-electron chi connectivity index (χ4n) is 3.41. The molecule has 8 nitrogen and oxygen atoms in total. The molecule has 0 fully saturated rings. The van der Waals surface area contributed by atoms with Crippen LogP contribution in [-0.4, -0.2) is 33.0 Å². The van der Waals surface area contributed by atoms with Gasteiger partial charge in [-0.05, 0) is 18.1 Å². The Bertz CT molecular complexity index is 1250. The number of hydrogen-bond acceptors (Lipinski definition) is 7. The van der Waals surface area contributed by atoms with E-state index in [1.54, 1.807) is 14.0 Å². The number of ether oxygens (including phenoxy) is 1. The van der Waals surface area contributed by atoms with Crippen LogP contribution in [0.1, 0.15) is 22.9 Å². The number of aromatic nitrogens is 3. The maximum absolute atomic E-state index is 13.0. The number of carboxylic acids is 1. The summed E-state index contributed by atoms with van der Waals surface area (Å²) in [6.07, 6.45) is 3.06. The van der Waals surface area contributed by atoms with E-state index in [0.717, 1.165) is 10.2 Å². The first-order valence-electron chi connectivity index (χ1n) is 9.22. The number of oxazole rings is 1. The third kappa shape index (κ3) is 3.64. The topological polar surface area (TPSA) is 107 Å². The molecule has 30 heavy (non-hydrogen) atoms. The summed E-state index contributed by atoms with van der Waals surface area (Å²) in [6.45, 7) is 1.26. The van der Waals surface area contributed by atoms with Gasteiger partial charge >= 0.3 is 5.97 Å². The van der Waals surface area contributed by atoms with Gasteiger partial charge in [-0.15, -0.1) is 11.3 Å². The molecule has 1 aromatic carbocycles. The van der Waals surface area contributed by atoms with E-state index in [1.807, 2.05) is 30.3 Å². The summed E-state index contributed by atoms with van der Waals surface area (Å²) in [5.41, 5.74) is 1.77. The Morgan fingerprint density at radius 1 is 1.33 bits per heavy atom. The quantitative estimate of drug-likeness (QED) is 0.483. The van der Waals surface area contributed by atoms with Crippen molar-refractivity contribution in [3.8, 4) is 10.8 Å². The van der Waals surface area contributed by atoms with Crippen LogP contribution in [0.4, 0.5) is 0 Å². The molecule has 3 aromatic heterocycles. The standard InChI is InChI=1S/C21H19N3O5S/c1-12-16-19(30-18(12)20-22-8-9-29-20)17(23-24(21(16)27)11-15(25)26)14(28-2)10-13-6-4-3-5-7-13/h3-9,14H,10-11H2,1-2H3,(H,25,26). The third-order valence-electron chi connectivity index (χ3n) is 4.82. The zero-order valence-corrected chi connectivity index (χ0v) is 17.2. The minimum atomic E-state index is -1.15. The van der Waals surface area contributed by atoms with Crippen molar-refractivity contribution in [3.05, 3.63) is 70.0 Å². The Balaban J connectivity index is 1.94.